The van der Waals surface area contributed by atoms with Crippen LogP contribution in [0.25, 0.3) is 0 Å². The van der Waals surface area contributed by atoms with Gasteiger partial charge in [-0.1, -0.05) is 18.2 Å². The molecule has 1 N–H and O–H groups in total. The molecule has 1 aliphatic rings. The summed E-state index contributed by atoms with van der Waals surface area (Å²) >= 11 is 0. The first kappa shape index (κ1) is 19.4. The Morgan fingerprint density at radius 3 is 2.70 bits per heavy atom. The van der Waals surface area contributed by atoms with Crippen molar-refractivity contribution in [1.29, 1.82) is 0 Å². The lowest BCUT2D eigenvalue weighted by molar-refractivity contribution is -0.141. The van der Waals surface area contributed by atoms with E-state index in [0.29, 0.717) is 6.07 Å². The van der Waals surface area contributed by atoms with Crippen LogP contribution in [0.2, 0.25) is 0 Å². The molecule has 0 unspecified atom stereocenters. The summed E-state index contributed by atoms with van der Waals surface area (Å²) in [5, 5.41) is 9.93. The van der Waals surface area contributed by atoms with Gasteiger partial charge < -0.3 is 5.11 Å². The number of rotatable bonds is 4. The Labute approximate surface area is 151 Å². The first-order valence-corrected chi connectivity index (χ1v) is 8.35. The SMILES string of the molecule is O=C(CCc1cccc(F)c1C(F)(F)F)[C@]1(F)CC[C@H](O)c2ncccc21. The Morgan fingerprint density at radius 1 is 1.26 bits per heavy atom. The highest BCUT2D eigenvalue weighted by molar-refractivity contribution is 5.89. The Balaban J connectivity index is 1.86. The van der Waals surface area contributed by atoms with Crippen molar-refractivity contribution in [1.82, 2.24) is 4.98 Å². The monoisotopic (exact) mass is 385 g/mol. The van der Waals surface area contributed by atoms with Crippen LogP contribution >= 0.6 is 0 Å². The fourth-order valence-electron chi connectivity index (χ4n) is 3.46. The van der Waals surface area contributed by atoms with Crippen molar-refractivity contribution in [3.63, 3.8) is 0 Å². The predicted octanol–water partition coefficient (Wildman–Crippen LogP) is 4.43. The number of benzene rings is 1. The molecule has 27 heavy (non-hydrogen) atoms. The van der Waals surface area contributed by atoms with Gasteiger partial charge >= 0.3 is 6.18 Å². The molecule has 0 saturated carbocycles. The topological polar surface area (TPSA) is 50.2 Å². The zero-order chi connectivity index (χ0) is 19.8. The smallest absolute Gasteiger partial charge is 0.387 e. The van der Waals surface area contributed by atoms with Crippen LogP contribution in [0.3, 0.4) is 0 Å². The van der Waals surface area contributed by atoms with E-state index in [0.717, 1.165) is 12.1 Å². The molecular weight excluding hydrogens is 369 g/mol. The van der Waals surface area contributed by atoms with Gasteiger partial charge in [0.05, 0.1) is 17.4 Å². The molecule has 0 spiro atoms. The maximum atomic E-state index is 15.5. The van der Waals surface area contributed by atoms with E-state index >= 15 is 4.39 Å². The summed E-state index contributed by atoms with van der Waals surface area (Å²) in [6, 6.07) is 5.64. The third-order valence-electron chi connectivity index (χ3n) is 4.79. The van der Waals surface area contributed by atoms with Crippen molar-refractivity contribution in [2.24, 2.45) is 0 Å². The van der Waals surface area contributed by atoms with Gasteiger partial charge in [0.15, 0.2) is 11.5 Å². The van der Waals surface area contributed by atoms with Crippen molar-refractivity contribution in [3.05, 3.63) is 64.7 Å². The number of halogens is 5. The first-order chi connectivity index (χ1) is 12.6. The molecule has 144 valence electrons. The van der Waals surface area contributed by atoms with Crippen molar-refractivity contribution in [3.8, 4) is 0 Å². The number of Topliss-reactive ketones (excluding diaryl/α,β-unsaturated/α-hetero) is 1. The van der Waals surface area contributed by atoms with E-state index in [1.807, 2.05) is 0 Å². The summed E-state index contributed by atoms with van der Waals surface area (Å²) in [4.78, 5) is 16.5. The molecule has 0 bridgehead atoms. The number of aromatic nitrogens is 1. The molecule has 1 aliphatic carbocycles. The average Bonchev–Trinajstić information content (AvgIpc) is 2.62. The van der Waals surface area contributed by atoms with Gasteiger partial charge in [-0.2, -0.15) is 13.2 Å². The lowest BCUT2D eigenvalue weighted by atomic mass is 9.77. The van der Waals surface area contributed by atoms with Crippen LogP contribution in [0.5, 0.6) is 0 Å². The van der Waals surface area contributed by atoms with Crippen LogP contribution < -0.4 is 0 Å². The zero-order valence-electron chi connectivity index (χ0n) is 14.1. The van der Waals surface area contributed by atoms with Crippen molar-refractivity contribution >= 4 is 5.78 Å². The van der Waals surface area contributed by atoms with E-state index in [2.05, 4.69) is 4.98 Å². The van der Waals surface area contributed by atoms with E-state index in [1.54, 1.807) is 0 Å². The van der Waals surface area contributed by atoms with Crippen LogP contribution in [0.15, 0.2) is 36.5 Å². The summed E-state index contributed by atoms with van der Waals surface area (Å²) in [5.41, 5.74) is -4.28. The molecular formula is C19H16F5NO2. The number of hydrogen-bond donors (Lipinski definition) is 1. The highest BCUT2D eigenvalue weighted by Gasteiger charge is 2.46. The number of carbonyl (C=O) groups excluding carboxylic acids is 1. The fraction of sp³-hybridized carbons (Fsp3) is 0.368. The molecule has 2 aromatic rings. The van der Waals surface area contributed by atoms with E-state index in [4.69, 9.17) is 0 Å². The first-order valence-electron chi connectivity index (χ1n) is 8.35. The summed E-state index contributed by atoms with van der Waals surface area (Å²) in [7, 11) is 0. The van der Waals surface area contributed by atoms with Gasteiger partial charge in [0.1, 0.15) is 5.82 Å². The van der Waals surface area contributed by atoms with Gasteiger partial charge in [-0.15, -0.1) is 0 Å². The second kappa shape index (κ2) is 6.99. The zero-order valence-corrected chi connectivity index (χ0v) is 14.1. The number of aliphatic hydroxyl groups excluding tert-OH is 1. The van der Waals surface area contributed by atoms with Gasteiger partial charge in [-0.3, -0.25) is 9.78 Å². The summed E-state index contributed by atoms with van der Waals surface area (Å²) in [5.74, 6) is -2.35. The second-order valence-electron chi connectivity index (χ2n) is 6.49. The number of hydrogen-bond acceptors (Lipinski definition) is 3. The number of carbonyl (C=O) groups is 1. The molecule has 3 nitrogen and oxygen atoms in total. The summed E-state index contributed by atoms with van der Waals surface area (Å²) in [6.45, 7) is 0. The number of fused-ring (bicyclic) bond motifs is 1. The number of aliphatic hydroxyl groups is 1. The van der Waals surface area contributed by atoms with Crippen molar-refractivity contribution in [2.45, 2.75) is 43.6 Å². The standard InChI is InChI=1S/C19H16F5NO2/c20-13-5-1-3-11(16(13)19(22,23)24)6-7-15(27)18(21)9-8-14(26)17-12(18)4-2-10-25-17/h1-5,10,14,26H,6-9H2/t14-,18-/m0/s1. The minimum atomic E-state index is -4.91. The Morgan fingerprint density at radius 2 is 2.00 bits per heavy atom. The van der Waals surface area contributed by atoms with Crippen LogP contribution in [0, 0.1) is 5.82 Å². The largest absolute Gasteiger partial charge is 0.419 e. The molecule has 3 rings (SSSR count). The predicted molar refractivity (Wildman–Crippen MR) is 85.9 cm³/mol. The quantitative estimate of drug-likeness (QED) is 0.792. The minimum absolute atomic E-state index is 0.0278. The summed E-state index contributed by atoms with van der Waals surface area (Å²) in [6.07, 6.45) is -5.86. The van der Waals surface area contributed by atoms with Gasteiger partial charge in [0.25, 0.3) is 0 Å². The third kappa shape index (κ3) is 3.58. The molecule has 0 amide bonds. The molecule has 1 heterocycles. The minimum Gasteiger partial charge on any atom is -0.387 e. The molecule has 0 fully saturated rings. The highest BCUT2D eigenvalue weighted by atomic mass is 19.4. The van der Waals surface area contributed by atoms with E-state index in [-0.39, 0.29) is 24.1 Å². The van der Waals surface area contributed by atoms with Gasteiger partial charge in [-0.25, -0.2) is 8.78 Å². The van der Waals surface area contributed by atoms with Crippen molar-refractivity contribution < 1.29 is 31.9 Å². The number of alkyl halides is 4. The molecule has 2 atom stereocenters. The Hall–Kier alpha value is -2.35. The molecule has 1 aromatic heterocycles. The normalized spacial score (nSPS) is 22.4. The second-order valence-corrected chi connectivity index (χ2v) is 6.49. The third-order valence-corrected chi connectivity index (χ3v) is 4.79. The highest BCUT2D eigenvalue weighted by Crippen LogP contribution is 2.43. The van der Waals surface area contributed by atoms with E-state index in [9.17, 15) is 27.5 Å². The van der Waals surface area contributed by atoms with Crippen molar-refractivity contribution in [2.75, 3.05) is 0 Å². The summed E-state index contributed by atoms with van der Waals surface area (Å²) < 4.78 is 68.3. The lowest BCUT2D eigenvalue weighted by Gasteiger charge is -2.32. The van der Waals surface area contributed by atoms with Gasteiger partial charge in [0.2, 0.25) is 0 Å². The number of nitrogens with zero attached hydrogens (tertiary/aromatic N) is 1. The van der Waals surface area contributed by atoms with E-state index < -0.39 is 53.5 Å². The average molecular weight is 385 g/mol. The molecule has 0 aliphatic heterocycles. The van der Waals surface area contributed by atoms with Crippen LogP contribution in [-0.4, -0.2) is 15.9 Å². The number of aryl methyl sites for hydroxylation is 1. The maximum absolute atomic E-state index is 15.5. The molecule has 0 saturated heterocycles. The molecule has 1 aromatic carbocycles. The van der Waals surface area contributed by atoms with Crippen LogP contribution in [0.4, 0.5) is 22.0 Å². The van der Waals surface area contributed by atoms with Gasteiger partial charge in [-0.05, 0) is 37.0 Å². The van der Waals surface area contributed by atoms with E-state index in [1.165, 1.54) is 18.3 Å². The Bertz CT molecular complexity index is 867. The van der Waals surface area contributed by atoms with Crippen LogP contribution in [-0.2, 0) is 23.1 Å². The fourth-order valence-corrected chi connectivity index (χ4v) is 3.46. The maximum Gasteiger partial charge on any atom is 0.419 e. The van der Waals surface area contributed by atoms with Gasteiger partial charge in [0, 0.05) is 18.2 Å². The molecule has 8 heteroatoms. The number of pyridine rings is 1. The Kier molecular flexibility index (Phi) is 5.03. The molecule has 0 radical (unpaired) electrons. The number of ketones is 1. The van der Waals surface area contributed by atoms with Crippen LogP contribution in [0.1, 0.15) is 47.8 Å². The lowest BCUT2D eigenvalue weighted by Crippen LogP contribution is -2.37.